The molecule has 0 saturated heterocycles. The third-order valence-electron chi connectivity index (χ3n) is 8.06. The summed E-state index contributed by atoms with van der Waals surface area (Å²) in [6, 6.07) is 15.0. The molecule has 3 amide bonds. The first-order chi connectivity index (χ1) is 23.1. The molecule has 0 fully saturated rings. The first-order valence-corrected chi connectivity index (χ1v) is 16.6. The monoisotopic (exact) mass is 733 g/mol. The van der Waals surface area contributed by atoms with Gasteiger partial charge in [-0.25, -0.2) is 9.78 Å². The highest BCUT2D eigenvalue weighted by molar-refractivity contribution is 9.10. The lowest BCUT2D eigenvalue weighted by Gasteiger charge is -2.33. The van der Waals surface area contributed by atoms with Crippen LogP contribution in [0.25, 0.3) is 11.3 Å². The molecule has 0 unspecified atom stereocenters. The molecule has 260 valence electrons. The van der Waals surface area contributed by atoms with Gasteiger partial charge in [-0.3, -0.25) is 9.59 Å². The van der Waals surface area contributed by atoms with Crippen LogP contribution in [-0.2, 0) is 22.5 Å². The number of aromatic nitrogens is 2. The van der Waals surface area contributed by atoms with Gasteiger partial charge in [0.15, 0.2) is 11.5 Å². The number of nitrogens with two attached hydrogens (primary N) is 1. The van der Waals surface area contributed by atoms with E-state index < -0.39 is 29.7 Å². The van der Waals surface area contributed by atoms with Crippen molar-refractivity contribution in [2.45, 2.75) is 72.2 Å². The number of halogens is 1. The average molecular weight is 735 g/mol. The number of primary amides is 1. The summed E-state index contributed by atoms with van der Waals surface area (Å²) >= 11 is 3.52. The standard InChI is InChI=1S/C37H44BrN5O6/c1-21-14-26(33(39)44)15-22(2)28(21)18-29(42-36(46)49-37(4,5)6)35(45)43(20-24-12-13-31(47-7)32(16-24)48-8)23(3)34-40-19-30(41-34)25-10-9-11-27(38)17-25/h9-17,19,23,29H,18,20H2,1-8H3,(H2,39,44)(H,40,41)(H,42,46)/t23-,29-/m0/s1. The van der Waals surface area contributed by atoms with Gasteiger partial charge in [0.1, 0.15) is 17.5 Å². The summed E-state index contributed by atoms with van der Waals surface area (Å²) in [6.45, 7) is 11.0. The number of carbonyl (C=O) groups is 3. The molecule has 0 spiro atoms. The Morgan fingerprint density at radius 3 is 2.27 bits per heavy atom. The second-order valence-corrected chi connectivity index (χ2v) is 13.8. The molecular formula is C37H44BrN5O6. The van der Waals surface area contributed by atoms with Crippen molar-refractivity contribution in [3.05, 3.63) is 98.9 Å². The second kappa shape index (κ2) is 15.6. The average Bonchev–Trinajstić information content (AvgIpc) is 3.53. The number of carbonyl (C=O) groups excluding carboxylic acids is 3. The fraction of sp³-hybridized carbons (Fsp3) is 0.351. The maximum Gasteiger partial charge on any atom is 0.408 e. The first kappa shape index (κ1) is 37.0. The molecule has 49 heavy (non-hydrogen) atoms. The Kier molecular flexibility index (Phi) is 11.8. The van der Waals surface area contributed by atoms with E-state index in [1.807, 2.05) is 57.2 Å². The summed E-state index contributed by atoms with van der Waals surface area (Å²) in [5.74, 6) is 0.702. The molecule has 3 aromatic carbocycles. The third-order valence-corrected chi connectivity index (χ3v) is 8.55. The molecule has 4 aromatic rings. The molecule has 11 nitrogen and oxygen atoms in total. The van der Waals surface area contributed by atoms with Crippen LogP contribution in [0.4, 0.5) is 4.79 Å². The summed E-state index contributed by atoms with van der Waals surface area (Å²) in [5, 5.41) is 2.84. The fourth-order valence-electron chi connectivity index (χ4n) is 5.59. The maximum atomic E-state index is 14.8. The van der Waals surface area contributed by atoms with Gasteiger partial charge in [-0.05, 0) is 100 Å². The maximum absolute atomic E-state index is 14.8. The zero-order valence-electron chi connectivity index (χ0n) is 29.1. The summed E-state index contributed by atoms with van der Waals surface area (Å²) in [5.41, 5.74) is 9.94. The Morgan fingerprint density at radius 1 is 1.00 bits per heavy atom. The van der Waals surface area contributed by atoms with E-state index in [9.17, 15) is 14.4 Å². The lowest BCUT2D eigenvalue weighted by atomic mass is 9.93. The number of imidazole rings is 1. The number of hydrogen-bond donors (Lipinski definition) is 3. The minimum atomic E-state index is -1.05. The topological polar surface area (TPSA) is 149 Å². The molecular weight excluding hydrogens is 690 g/mol. The van der Waals surface area contributed by atoms with E-state index in [0.29, 0.717) is 22.9 Å². The van der Waals surface area contributed by atoms with Gasteiger partial charge < -0.3 is 35.1 Å². The lowest BCUT2D eigenvalue weighted by molar-refractivity contribution is -0.136. The van der Waals surface area contributed by atoms with E-state index in [1.165, 1.54) is 0 Å². The number of methoxy groups -OCH3 is 2. The number of benzene rings is 3. The van der Waals surface area contributed by atoms with Crippen LogP contribution in [0.5, 0.6) is 11.5 Å². The quantitative estimate of drug-likeness (QED) is 0.145. The smallest absolute Gasteiger partial charge is 0.408 e. The minimum Gasteiger partial charge on any atom is -0.493 e. The number of amides is 3. The highest BCUT2D eigenvalue weighted by Gasteiger charge is 2.33. The molecule has 0 aliphatic carbocycles. The summed E-state index contributed by atoms with van der Waals surface area (Å²) in [6.07, 6.45) is 1.13. The summed E-state index contributed by atoms with van der Waals surface area (Å²) < 4.78 is 17.5. The van der Waals surface area contributed by atoms with Crippen LogP contribution in [-0.4, -0.2) is 58.6 Å². The molecule has 1 heterocycles. The Morgan fingerprint density at radius 2 is 1.67 bits per heavy atom. The predicted molar refractivity (Wildman–Crippen MR) is 192 cm³/mol. The molecule has 4 N–H and O–H groups in total. The number of alkyl carbamates (subject to hydrolysis) is 1. The SMILES string of the molecule is COc1ccc(CN(C(=O)[C@H](Cc2c(C)cc(C(N)=O)cc2C)NC(=O)OC(C)(C)C)[C@@H](C)c2ncc(-c3cccc(Br)c3)[nH]2)cc1OC. The van der Waals surface area contributed by atoms with E-state index in [-0.39, 0.29) is 18.9 Å². The van der Waals surface area contributed by atoms with Crippen molar-refractivity contribution >= 4 is 33.8 Å². The van der Waals surface area contributed by atoms with Crippen molar-refractivity contribution in [2.24, 2.45) is 5.73 Å². The number of nitrogens with zero attached hydrogens (tertiary/aromatic N) is 2. The molecule has 0 bridgehead atoms. The normalized spacial score (nSPS) is 12.5. The van der Waals surface area contributed by atoms with E-state index in [0.717, 1.165) is 38.0 Å². The van der Waals surface area contributed by atoms with Gasteiger partial charge in [-0.2, -0.15) is 0 Å². The largest absolute Gasteiger partial charge is 0.493 e. The van der Waals surface area contributed by atoms with Crippen molar-refractivity contribution in [1.82, 2.24) is 20.2 Å². The third kappa shape index (κ3) is 9.41. The van der Waals surface area contributed by atoms with Crippen molar-refractivity contribution in [3.63, 3.8) is 0 Å². The Bertz CT molecular complexity index is 1810. The molecule has 2 atom stereocenters. The zero-order valence-corrected chi connectivity index (χ0v) is 30.7. The summed E-state index contributed by atoms with van der Waals surface area (Å²) in [7, 11) is 3.11. The number of aromatic amines is 1. The van der Waals surface area contributed by atoms with E-state index in [1.54, 1.807) is 64.3 Å². The highest BCUT2D eigenvalue weighted by Crippen LogP contribution is 2.31. The fourth-order valence-corrected chi connectivity index (χ4v) is 5.99. The van der Waals surface area contributed by atoms with E-state index in [2.05, 4.69) is 31.2 Å². The van der Waals surface area contributed by atoms with Crippen LogP contribution >= 0.6 is 15.9 Å². The van der Waals surface area contributed by atoms with Gasteiger partial charge in [0.2, 0.25) is 11.8 Å². The van der Waals surface area contributed by atoms with Gasteiger partial charge in [0.05, 0.1) is 32.2 Å². The Balaban J connectivity index is 1.79. The number of aryl methyl sites for hydroxylation is 2. The number of nitrogens with one attached hydrogen (secondary N) is 2. The van der Waals surface area contributed by atoms with Gasteiger partial charge in [0, 0.05) is 28.6 Å². The van der Waals surface area contributed by atoms with Crippen LogP contribution in [0, 0.1) is 13.8 Å². The first-order valence-electron chi connectivity index (χ1n) is 15.8. The highest BCUT2D eigenvalue weighted by atomic mass is 79.9. The molecule has 4 rings (SSSR count). The Hall–Kier alpha value is -4.84. The number of H-pyrrole nitrogens is 1. The van der Waals surface area contributed by atoms with Gasteiger partial charge in [0.25, 0.3) is 0 Å². The molecule has 0 radical (unpaired) electrons. The summed E-state index contributed by atoms with van der Waals surface area (Å²) in [4.78, 5) is 49.7. The van der Waals surface area contributed by atoms with Crippen LogP contribution < -0.4 is 20.5 Å². The van der Waals surface area contributed by atoms with Gasteiger partial charge in [-0.15, -0.1) is 0 Å². The van der Waals surface area contributed by atoms with E-state index in [4.69, 9.17) is 19.9 Å². The predicted octanol–water partition coefficient (Wildman–Crippen LogP) is 6.80. The zero-order chi connectivity index (χ0) is 36.0. The van der Waals surface area contributed by atoms with E-state index >= 15 is 0 Å². The molecule has 0 saturated carbocycles. The van der Waals surface area contributed by atoms with Crippen LogP contribution in [0.2, 0.25) is 0 Å². The number of ether oxygens (including phenoxy) is 3. The van der Waals surface area contributed by atoms with Crippen molar-refractivity contribution in [1.29, 1.82) is 0 Å². The van der Waals surface area contributed by atoms with Crippen LogP contribution in [0.1, 0.15) is 72.2 Å². The molecule has 0 aliphatic rings. The van der Waals surface area contributed by atoms with Crippen molar-refractivity contribution in [3.8, 4) is 22.8 Å². The van der Waals surface area contributed by atoms with Gasteiger partial charge in [-0.1, -0.05) is 34.1 Å². The molecule has 1 aromatic heterocycles. The van der Waals surface area contributed by atoms with Crippen molar-refractivity contribution in [2.75, 3.05) is 14.2 Å². The van der Waals surface area contributed by atoms with Crippen molar-refractivity contribution < 1.29 is 28.6 Å². The lowest BCUT2D eigenvalue weighted by Crippen LogP contribution is -2.51. The van der Waals surface area contributed by atoms with Gasteiger partial charge >= 0.3 is 6.09 Å². The van der Waals surface area contributed by atoms with Crippen LogP contribution in [0.3, 0.4) is 0 Å². The minimum absolute atomic E-state index is 0.130. The Labute approximate surface area is 295 Å². The molecule has 0 aliphatic heterocycles. The second-order valence-electron chi connectivity index (χ2n) is 12.9. The number of hydrogen-bond acceptors (Lipinski definition) is 7. The number of rotatable bonds is 12. The molecule has 12 heteroatoms. The van der Waals surface area contributed by atoms with Crippen LogP contribution in [0.15, 0.2) is 65.3 Å².